The molecule has 1 atom stereocenters. The molecule has 0 radical (unpaired) electrons. The van der Waals surface area contributed by atoms with Gasteiger partial charge in [-0.15, -0.1) is 10.2 Å². The second-order valence-electron chi connectivity index (χ2n) is 7.71. The topological polar surface area (TPSA) is 85.3 Å². The van der Waals surface area contributed by atoms with Crippen LogP contribution in [0.1, 0.15) is 23.8 Å². The molecule has 0 bridgehead atoms. The van der Waals surface area contributed by atoms with Gasteiger partial charge in [0.05, 0.1) is 12.6 Å². The SMILES string of the molecule is COc1ccc(-c2nnc(C3CCCN(S(=O)(=O)c4cccc5cccnc45)C3)s2)cc1. The van der Waals surface area contributed by atoms with Gasteiger partial charge in [-0.25, -0.2) is 8.42 Å². The van der Waals surface area contributed by atoms with Gasteiger partial charge in [0.25, 0.3) is 0 Å². The predicted molar refractivity (Wildman–Crippen MR) is 124 cm³/mol. The standard InChI is InChI=1S/C23H22N4O3S2/c1-30-19-11-9-17(10-12-19)22-25-26-23(31-22)18-7-4-14-27(15-18)32(28,29)20-8-2-5-16-6-3-13-24-21(16)20/h2-3,5-6,8-13,18H,4,7,14-15H2,1H3. The number of rotatable bonds is 5. The molecule has 2 aromatic heterocycles. The van der Waals surface area contributed by atoms with Crippen molar-refractivity contribution in [1.29, 1.82) is 0 Å². The van der Waals surface area contributed by atoms with E-state index in [1.807, 2.05) is 42.5 Å². The normalized spacial score (nSPS) is 17.5. The Balaban J connectivity index is 1.40. The van der Waals surface area contributed by atoms with Gasteiger partial charge in [0.2, 0.25) is 10.0 Å². The van der Waals surface area contributed by atoms with Crippen molar-refractivity contribution in [3.8, 4) is 16.3 Å². The molecule has 1 unspecified atom stereocenters. The summed E-state index contributed by atoms with van der Waals surface area (Å²) in [6.45, 7) is 0.884. The number of ether oxygens (including phenoxy) is 1. The van der Waals surface area contributed by atoms with Crippen molar-refractivity contribution < 1.29 is 13.2 Å². The lowest BCUT2D eigenvalue weighted by atomic mass is 10.0. The Hall–Kier alpha value is -2.88. The van der Waals surface area contributed by atoms with Gasteiger partial charge < -0.3 is 4.74 Å². The number of hydrogen-bond acceptors (Lipinski definition) is 7. The zero-order valence-corrected chi connectivity index (χ0v) is 19.1. The number of fused-ring (bicyclic) bond motifs is 1. The maximum atomic E-state index is 13.5. The van der Waals surface area contributed by atoms with Crippen LogP contribution >= 0.6 is 11.3 Å². The number of aromatic nitrogens is 3. The van der Waals surface area contributed by atoms with Gasteiger partial charge >= 0.3 is 0 Å². The van der Waals surface area contributed by atoms with Crippen molar-refractivity contribution in [1.82, 2.24) is 19.5 Å². The van der Waals surface area contributed by atoms with Crippen LogP contribution in [0.4, 0.5) is 0 Å². The largest absolute Gasteiger partial charge is 0.497 e. The molecule has 5 rings (SSSR count). The van der Waals surface area contributed by atoms with E-state index in [0.717, 1.165) is 39.6 Å². The number of para-hydroxylation sites is 1. The molecule has 3 heterocycles. The molecule has 32 heavy (non-hydrogen) atoms. The van der Waals surface area contributed by atoms with Crippen LogP contribution in [0.5, 0.6) is 5.75 Å². The summed E-state index contributed by atoms with van der Waals surface area (Å²) in [5, 5.41) is 11.3. The van der Waals surface area contributed by atoms with Crippen LogP contribution in [0.2, 0.25) is 0 Å². The highest BCUT2D eigenvalue weighted by molar-refractivity contribution is 7.89. The van der Waals surface area contributed by atoms with Gasteiger partial charge in [-0.2, -0.15) is 4.31 Å². The van der Waals surface area contributed by atoms with Crippen LogP contribution in [0.3, 0.4) is 0 Å². The van der Waals surface area contributed by atoms with Gasteiger partial charge in [-0.1, -0.05) is 29.5 Å². The van der Waals surface area contributed by atoms with Gasteiger partial charge in [0, 0.05) is 36.2 Å². The molecule has 0 saturated carbocycles. The van der Waals surface area contributed by atoms with E-state index in [1.165, 1.54) is 11.3 Å². The lowest BCUT2D eigenvalue weighted by Gasteiger charge is -2.30. The van der Waals surface area contributed by atoms with E-state index >= 15 is 0 Å². The fourth-order valence-electron chi connectivity index (χ4n) is 4.04. The number of sulfonamides is 1. The average Bonchev–Trinajstić information content (AvgIpc) is 3.34. The predicted octanol–water partition coefficient (Wildman–Crippen LogP) is 4.33. The Labute approximate surface area is 190 Å². The van der Waals surface area contributed by atoms with E-state index in [9.17, 15) is 8.42 Å². The first-order valence-corrected chi connectivity index (χ1v) is 12.6. The molecule has 7 nitrogen and oxygen atoms in total. The molecule has 4 aromatic rings. The molecule has 1 saturated heterocycles. The van der Waals surface area contributed by atoms with Crippen molar-refractivity contribution in [2.75, 3.05) is 20.2 Å². The van der Waals surface area contributed by atoms with Crippen molar-refractivity contribution in [2.24, 2.45) is 0 Å². The molecule has 0 spiro atoms. The quantitative estimate of drug-likeness (QED) is 0.435. The molecule has 1 aliphatic heterocycles. The fourth-order valence-corrected chi connectivity index (χ4v) is 6.70. The van der Waals surface area contributed by atoms with Crippen LogP contribution in [-0.4, -0.2) is 48.1 Å². The molecule has 2 aromatic carbocycles. The van der Waals surface area contributed by atoms with Crippen LogP contribution < -0.4 is 4.74 Å². The minimum Gasteiger partial charge on any atom is -0.497 e. The molecule has 1 fully saturated rings. The van der Waals surface area contributed by atoms with Crippen molar-refractivity contribution in [3.63, 3.8) is 0 Å². The number of hydrogen-bond donors (Lipinski definition) is 0. The summed E-state index contributed by atoms with van der Waals surface area (Å²) in [4.78, 5) is 4.59. The first kappa shape index (κ1) is 21.0. The van der Waals surface area contributed by atoms with E-state index < -0.39 is 10.0 Å². The van der Waals surface area contributed by atoms with Crippen molar-refractivity contribution in [3.05, 3.63) is 65.8 Å². The Morgan fingerprint density at radius 2 is 1.88 bits per heavy atom. The highest BCUT2D eigenvalue weighted by Gasteiger charge is 2.33. The van der Waals surface area contributed by atoms with Gasteiger partial charge in [0.1, 0.15) is 20.7 Å². The third-order valence-electron chi connectivity index (χ3n) is 5.72. The van der Waals surface area contributed by atoms with E-state index in [1.54, 1.807) is 29.7 Å². The summed E-state index contributed by atoms with van der Waals surface area (Å²) >= 11 is 1.52. The zero-order chi connectivity index (χ0) is 22.1. The van der Waals surface area contributed by atoms with Crippen LogP contribution in [-0.2, 0) is 10.0 Å². The molecule has 0 N–H and O–H groups in total. The molecular weight excluding hydrogens is 444 g/mol. The number of methoxy groups -OCH3 is 1. The average molecular weight is 467 g/mol. The third kappa shape index (κ3) is 3.87. The number of nitrogens with zero attached hydrogens (tertiary/aromatic N) is 4. The molecule has 1 aliphatic rings. The Morgan fingerprint density at radius 1 is 1.06 bits per heavy atom. The summed E-state index contributed by atoms with van der Waals surface area (Å²) < 4.78 is 33.8. The van der Waals surface area contributed by atoms with Gasteiger partial charge in [0.15, 0.2) is 0 Å². The van der Waals surface area contributed by atoms with Crippen LogP contribution in [0, 0.1) is 0 Å². The highest BCUT2D eigenvalue weighted by Crippen LogP contribution is 2.35. The lowest BCUT2D eigenvalue weighted by Crippen LogP contribution is -2.39. The van der Waals surface area contributed by atoms with Crippen molar-refractivity contribution in [2.45, 2.75) is 23.7 Å². The van der Waals surface area contributed by atoms with E-state index in [-0.39, 0.29) is 10.8 Å². The second kappa shape index (κ2) is 8.57. The fraction of sp³-hybridized carbons (Fsp3) is 0.261. The minimum absolute atomic E-state index is 0.0194. The molecule has 0 amide bonds. The number of benzene rings is 2. The summed E-state index contributed by atoms with van der Waals surface area (Å²) in [6, 6.07) is 16.7. The van der Waals surface area contributed by atoms with Crippen molar-refractivity contribution >= 4 is 32.3 Å². The van der Waals surface area contributed by atoms with E-state index in [4.69, 9.17) is 4.74 Å². The Morgan fingerprint density at radius 3 is 2.69 bits per heavy atom. The zero-order valence-electron chi connectivity index (χ0n) is 17.5. The van der Waals surface area contributed by atoms with Gasteiger partial charge in [-0.3, -0.25) is 4.98 Å². The van der Waals surface area contributed by atoms with Crippen LogP contribution in [0.25, 0.3) is 21.5 Å². The number of piperidine rings is 1. The third-order valence-corrected chi connectivity index (χ3v) is 8.76. The summed E-state index contributed by atoms with van der Waals surface area (Å²) in [6.07, 6.45) is 3.29. The lowest BCUT2D eigenvalue weighted by molar-refractivity contribution is 0.315. The smallest absolute Gasteiger partial charge is 0.245 e. The highest BCUT2D eigenvalue weighted by atomic mass is 32.2. The van der Waals surface area contributed by atoms with Crippen LogP contribution in [0.15, 0.2) is 65.7 Å². The van der Waals surface area contributed by atoms with E-state index in [0.29, 0.717) is 18.6 Å². The van der Waals surface area contributed by atoms with E-state index in [2.05, 4.69) is 15.2 Å². The molecule has 164 valence electrons. The Bertz CT molecular complexity index is 1350. The summed E-state index contributed by atoms with van der Waals surface area (Å²) in [5.74, 6) is 0.806. The second-order valence-corrected chi connectivity index (χ2v) is 10.6. The maximum absolute atomic E-state index is 13.5. The molecule has 9 heteroatoms. The number of pyridine rings is 1. The first-order valence-electron chi connectivity index (χ1n) is 10.4. The minimum atomic E-state index is -3.67. The maximum Gasteiger partial charge on any atom is 0.245 e. The summed E-state index contributed by atoms with van der Waals surface area (Å²) in [5.41, 5.74) is 1.48. The monoisotopic (exact) mass is 466 g/mol. The van der Waals surface area contributed by atoms with Gasteiger partial charge in [-0.05, 0) is 49.2 Å². The molecular formula is C23H22N4O3S2. The summed E-state index contributed by atoms with van der Waals surface area (Å²) in [7, 11) is -2.04. The molecule has 0 aliphatic carbocycles. The first-order chi connectivity index (χ1) is 15.6. The Kier molecular flexibility index (Phi) is 5.62.